The van der Waals surface area contributed by atoms with E-state index in [1.807, 2.05) is 0 Å². The lowest BCUT2D eigenvalue weighted by Gasteiger charge is -2.33. The van der Waals surface area contributed by atoms with Gasteiger partial charge in [-0.05, 0) is 191 Å². The van der Waals surface area contributed by atoms with Gasteiger partial charge in [-0.3, -0.25) is 62.3 Å². The van der Waals surface area contributed by atoms with Crippen molar-refractivity contribution in [3.8, 4) is 5.75 Å². The SMILES string of the molecule is CC(=O)N[C@@H](COC(C)(C)C)C(=O)N[C@@H](CC(=O)OC(C)(C)C)C(=O)N[C@@H](C)C(=O)N[C@@H](C)C(=O)N[C@H](C(=O)N[C@@H](CC(=O)OC(C)(C)C)C(=O)N[C@H](C(=O)N[C@@H](COC(C)(C)C)C(=O)N[C@@H](COC(C)(C)C)C(=O)N[C@@H](CCC(=O)OC(C)(C)C)C(=O)Oc1ccccc1)[C@@H](C)OC(C)(C)C)C(C)C. The number of amides is 10. The Balaban J connectivity index is 3.80. The van der Waals surface area contributed by atoms with E-state index in [1.54, 1.807) is 177 Å². The smallest absolute Gasteiger partial charge is 0.334 e. The van der Waals surface area contributed by atoms with E-state index >= 15 is 4.79 Å². The zero-order chi connectivity index (χ0) is 81.3. The zero-order valence-electron chi connectivity index (χ0n) is 66.7. The maximum Gasteiger partial charge on any atom is 0.334 e. The highest BCUT2D eigenvalue weighted by molar-refractivity contribution is 6.00. The number of nitrogens with one attached hydrogen (secondary N) is 10. The first-order valence-electron chi connectivity index (χ1n) is 35.2. The minimum Gasteiger partial charge on any atom is -0.460 e. The fraction of sp³-hybridized carbons (Fsp3) is 0.726. The van der Waals surface area contributed by atoms with E-state index in [9.17, 15) is 62.3 Å². The van der Waals surface area contributed by atoms with Gasteiger partial charge in [-0.2, -0.15) is 0 Å². The predicted molar refractivity (Wildman–Crippen MR) is 387 cm³/mol. The maximum absolute atomic E-state index is 15.0. The van der Waals surface area contributed by atoms with Gasteiger partial charge in [0.15, 0.2) is 0 Å². The fourth-order valence-corrected chi connectivity index (χ4v) is 9.10. The van der Waals surface area contributed by atoms with Crippen LogP contribution in [0.25, 0.3) is 0 Å². The van der Waals surface area contributed by atoms with Crippen molar-refractivity contribution >= 4 is 82.9 Å². The summed E-state index contributed by atoms with van der Waals surface area (Å²) in [6.45, 7) is 41.4. The number of carbonyl (C=O) groups is 14. The third-order valence-corrected chi connectivity index (χ3v) is 13.8. The Morgan fingerprint density at radius 1 is 0.343 bits per heavy atom. The molecule has 0 unspecified atom stereocenters. The summed E-state index contributed by atoms with van der Waals surface area (Å²) in [4.78, 5) is 194. The minimum absolute atomic E-state index is 0.132. The molecule has 0 heterocycles. The monoisotopic (exact) mass is 1490 g/mol. The van der Waals surface area contributed by atoms with Crippen LogP contribution in [0.3, 0.4) is 0 Å². The third-order valence-electron chi connectivity index (χ3n) is 13.8. The van der Waals surface area contributed by atoms with Crippen LogP contribution in [0.5, 0.6) is 5.75 Å². The Bertz CT molecular complexity index is 3130. The molecule has 0 saturated heterocycles. The average molecular weight is 1490 g/mol. The van der Waals surface area contributed by atoms with Crippen LogP contribution >= 0.6 is 0 Å². The van der Waals surface area contributed by atoms with Crippen LogP contribution in [0.2, 0.25) is 0 Å². The molecule has 0 aliphatic rings. The van der Waals surface area contributed by atoms with Crippen LogP contribution in [-0.2, 0) is 100 Å². The summed E-state index contributed by atoms with van der Waals surface area (Å²) >= 11 is 0. The fourth-order valence-electron chi connectivity index (χ4n) is 9.10. The first kappa shape index (κ1) is 94.7. The van der Waals surface area contributed by atoms with Gasteiger partial charge in [-0.1, -0.05) is 32.0 Å². The molecular formula is C73H122N10O22. The predicted octanol–water partition coefficient (Wildman–Crippen LogP) is 3.39. The van der Waals surface area contributed by atoms with Crippen molar-refractivity contribution in [2.24, 2.45) is 5.92 Å². The summed E-state index contributed by atoms with van der Waals surface area (Å²) < 4.78 is 46.0. The molecule has 1 aromatic rings. The maximum atomic E-state index is 15.0. The number of para-hydroxylation sites is 1. The molecule has 11 atom stereocenters. The van der Waals surface area contributed by atoms with E-state index in [4.69, 9.17) is 37.9 Å². The summed E-state index contributed by atoms with van der Waals surface area (Å²) in [6.07, 6.45) is -3.48. The highest BCUT2D eigenvalue weighted by Crippen LogP contribution is 2.20. The topological polar surface area (TPSA) is 433 Å². The number of benzene rings is 1. The Morgan fingerprint density at radius 3 is 1.06 bits per heavy atom. The van der Waals surface area contributed by atoms with Crippen LogP contribution in [0.15, 0.2) is 30.3 Å². The van der Waals surface area contributed by atoms with E-state index in [-0.39, 0.29) is 25.2 Å². The standard InChI is InChI=1S/C73H122N10O22/c1-40(2)55(82-58(89)42(4)74-57(88)41(3)75-59(90)47(35-53(86)104-72(22,23)24)78-61(92)49(76-44(6)84)37-98-67(7,8)9)64(95)79-48(36-54(87)105-73(25,26)27)60(91)83-56(43(5)102-70(16,17)18)65(96)81-51(39-100-69(13,14)15)63(94)80-50(38-99-68(10,11)12)62(93)77-46(33-34-52(85)103-71(19,20)21)66(97)101-45-31-29-28-30-32-45/h28-32,40-43,46-51,55-56H,33-39H2,1-27H3,(H,74,88)(H,75,90)(H,76,84)(H,77,93)(H,78,92)(H,79,95)(H,80,94)(H,81,96)(H,82,89)(H,83,91)/t41-,42-,43+,46-,47-,48-,49-,50-,51-,55-,56-/m0/s1. The Labute approximate surface area is 619 Å². The Kier molecular flexibility index (Phi) is 36.9. The summed E-state index contributed by atoms with van der Waals surface area (Å²) in [5.41, 5.74) is -6.63. The van der Waals surface area contributed by atoms with Crippen LogP contribution in [-0.4, -0.2) is 208 Å². The molecular weight excluding hydrogens is 1370 g/mol. The Morgan fingerprint density at radius 2 is 0.667 bits per heavy atom. The third kappa shape index (κ3) is 41.2. The number of rotatable bonds is 37. The van der Waals surface area contributed by atoms with E-state index in [0.717, 1.165) is 0 Å². The molecule has 10 N–H and O–H groups in total. The number of carbonyl (C=O) groups excluding carboxylic acids is 14. The second-order valence-electron chi connectivity index (χ2n) is 32.9. The van der Waals surface area contributed by atoms with Gasteiger partial charge in [0.1, 0.15) is 83.0 Å². The highest BCUT2D eigenvalue weighted by atomic mass is 16.6. The summed E-state index contributed by atoms with van der Waals surface area (Å²) in [7, 11) is 0. The molecule has 0 radical (unpaired) electrons. The molecule has 0 aliphatic heterocycles. The van der Waals surface area contributed by atoms with Crippen molar-refractivity contribution < 1.29 is 105 Å². The lowest BCUT2D eigenvalue weighted by atomic mass is 10.0. The molecule has 1 rings (SSSR count). The molecule has 32 nitrogen and oxygen atoms in total. The van der Waals surface area contributed by atoms with Gasteiger partial charge in [-0.15, -0.1) is 0 Å². The summed E-state index contributed by atoms with van der Waals surface area (Å²) in [6, 6.07) is -7.86. The number of hydrogen-bond acceptors (Lipinski definition) is 22. The molecule has 596 valence electrons. The number of hydrogen-bond donors (Lipinski definition) is 10. The van der Waals surface area contributed by atoms with Crippen molar-refractivity contribution in [3.63, 3.8) is 0 Å². The van der Waals surface area contributed by atoms with Crippen LogP contribution in [0.4, 0.5) is 0 Å². The largest absolute Gasteiger partial charge is 0.460 e. The van der Waals surface area contributed by atoms with Gasteiger partial charge in [0.05, 0.1) is 61.2 Å². The van der Waals surface area contributed by atoms with Gasteiger partial charge in [0.25, 0.3) is 0 Å². The first-order chi connectivity index (χ1) is 47.6. The molecule has 0 aromatic heterocycles. The van der Waals surface area contributed by atoms with Gasteiger partial charge in [0, 0.05) is 13.3 Å². The minimum atomic E-state index is -1.87. The van der Waals surface area contributed by atoms with Crippen molar-refractivity contribution in [3.05, 3.63) is 30.3 Å². The number of ether oxygens (including phenoxy) is 8. The first-order valence-corrected chi connectivity index (χ1v) is 35.2. The van der Waals surface area contributed by atoms with Crippen molar-refractivity contribution in [1.29, 1.82) is 0 Å². The van der Waals surface area contributed by atoms with Crippen molar-refractivity contribution in [1.82, 2.24) is 53.2 Å². The van der Waals surface area contributed by atoms with Gasteiger partial charge in [-0.25, -0.2) is 4.79 Å². The van der Waals surface area contributed by atoms with Crippen molar-refractivity contribution in [2.45, 2.75) is 318 Å². The van der Waals surface area contributed by atoms with E-state index < -0.39 is 221 Å². The quantitative estimate of drug-likeness (QED) is 0.0259. The van der Waals surface area contributed by atoms with Crippen LogP contribution in [0.1, 0.15) is 213 Å². The highest BCUT2D eigenvalue weighted by Gasteiger charge is 2.41. The molecule has 0 aliphatic carbocycles. The zero-order valence-corrected chi connectivity index (χ0v) is 66.7. The van der Waals surface area contributed by atoms with Crippen LogP contribution in [0, 0.1) is 5.92 Å². The van der Waals surface area contributed by atoms with Gasteiger partial charge >= 0.3 is 23.9 Å². The second-order valence-corrected chi connectivity index (χ2v) is 32.9. The average Bonchev–Trinajstić information content (AvgIpc) is 0.832. The van der Waals surface area contributed by atoms with Crippen LogP contribution < -0.4 is 57.9 Å². The molecule has 0 fully saturated rings. The number of esters is 4. The van der Waals surface area contributed by atoms with E-state index in [2.05, 4.69) is 53.2 Å². The van der Waals surface area contributed by atoms with E-state index in [0.29, 0.717) is 0 Å². The molecule has 105 heavy (non-hydrogen) atoms. The molecule has 1 aromatic carbocycles. The second kappa shape index (κ2) is 40.9. The molecule has 0 spiro atoms. The molecule has 32 heteroatoms. The summed E-state index contributed by atoms with van der Waals surface area (Å²) in [5.74, 6) is -13.8. The molecule has 0 saturated carbocycles. The normalized spacial score (nSPS) is 15.4. The van der Waals surface area contributed by atoms with Gasteiger partial charge < -0.3 is 91.1 Å². The summed E-state index contributed by atoms with van der Waals surface area (Å²) in [5, 5.41) is 25.2. The Hall–Kier alpha value is -8.36. The molecule has 10 amide bonds. The lowest BCUT2D eigenvalue weighted by Crippen LogP contribution is -2.63. The van der Waals surface area contributed by atoms with E-state index in [1.165, 1.54) is 39.8 Å². The lowest BCUT2D eigenvalue weighted by molar-refractivity contribution is -0.157. The van der Waals surface area contributed by atoms with Gasteiger partial charge in [0.2, 0.25) is 59.1 Å². The molecule has 0 bridgehead atoms. The van der Waals surface area contributed by atoms with Crippen molar-refractivity contribution in [2.75, 3.05) is 19.8 Å².